The average molecular weight is 372 g/mol. The standard InChI is InChI=1S/C20H21FN2O4/c21-16-4-1-14(2-5-16)20(24)22-12-17(23-7-9-25-10-8-23)15-3-6-18-19(11-15)27-13-26-18/h1-6,11,17H,7-10,12-13H2,(H,22,24)/t17-/m1/s1. The molecule has 0 saturated carbocycles. The van der Waals surface area contributed by atoms with E-state index in [9.17, 15) is 9.18 Å². The van der Waals surface area contributed by atoms with Crippen LogP contribution < -0.4 is 14.8 Å². The van der Waals surface area contributed by atoms with E-state index in [2.05, 4.69) is 10.2 Å². The molecular formula is C20H21FN2O4. The summed E-state index contributed by atoms with van der Waals surface area (Å²) in [6, 6.07) is 11.4. The van der Waals surface area contributed by atoms with Crippen LogP contribution in [0.2, 0.25) is 0 Å². The Morgan fingerprint density at radius 1 is 1.07 bits per heavy atom. The minimum absolute atomic E-state index is 0.0206. The van der Waals surface area contributed by atoms with E-state index >= 15 is 0 Å². The lowest BCUT2D eigenvalue weighted by Gasteiger charge is -2.35. The number of ether oxygens (including phenoxy) is 3. The first-order valence-corrected chi connectivity index (χ1v) is 8.96. The second kappa shape index (κ2) is 7.94. The minimum atomic E-state index is -0.363. The topological polar surface area (TPSA) is 60.0 Å². The zero-order chi connectivity index (χ0) is 18.6. The Balaban J connectivity index is 1.51. The first kappa shape index (κ1) is 17.8. The molecule has 1 amide bonds. The molecule has 27 heavy (non-hydrogen) atoms. The van der Waals surface area contributed by atoms with E-state index in [0.717, 1.165) is 30.2 Å². The second-order valence-electron chi connectivity index (χ2n) is 6.49. The van der Waals surface area contributed by atoms with Crippen molar-refractivity contribution >= 4 is 5.91 Å². The summed E-state index contributed by atoms with van der Waals surface area (Å²) in [5.41, 5.74) is 1.48. The van der Waals surface area contributed by atoms with Gasteiger partial charge in [-0.25, -0.2) is 4.39 Å². The number of fused-ring (bicyclic) bond motifs is 1. The van der Waals surface area contributed by atoms with Gasteiger partial charge in [0, 0.05) is 25.2 Å². The van der Waals surface area contributed by atoms with Gasteiger partial charge in [0.2, 0.25) is 6.79 Å². The molecule has 0 aliphatic carbocycles. The molecule has 0 unspecified atom stereocenters. The molecule has 2 aliphatic rings. The molecule has 2 aromatic carbocycles. The van der Waals surface area contributed by atoms with Crippen LogP contribution in [0.4, 0.5) is 4.39 Å². The van der Waals surface area contributed by atoms with Crippen LogP contribution in [0.1, 0.15) is 22.0 Å². The number of carbonyl (C=O) groups excluding carboxylic acids is 1. The maximum atomic E-state index is 13.1. The second-order valence-corrected chi connectivity index (χ2v) is 6.49. The number of morpholine rings is 1. The lowest BCUT2D eigenvalue weighted by Crippen LogP contribution is -2.43. The number of halogens is 1. The van der Waals surface area contributed by atoms with Gasteiger partial charge < -0.3 is 19.5 Å². The number of benzene rings is 2. The van der Waals surface area contributed by atoms with Crippen molar-refractivity contribution in [1.82, 2.24) is 10.2 Å². The van der Waals surface area contributed by atoms with Crippen molar-refractivity contribution in [2.75, 3.05) is 39.6 Å². The molecular weight excluding hydrogens is 351 g/mol. The van der Waals surface area contributed by atoms with Crippen molar-refractivity contribution in [3.63, 3.8) is 0 Å². The lowest BCUT2D eigenvalue weighted by molar-refractivity contribution is 0.0162. The van der Waals surface area contributed by atoms with Crippen molar-refractivity contribution in [2.45, 2.75) is 6.04 Å². The molecule has 2 heterocycles. The highest BCUT2D eigenvalue weighted by Gasteiger charge is 2.25. The van der Waals surface area contributed by atoms with Crippen LogP contribution in [0.3, 0.4) is 0 Å². The highest BCUT2D eigenvalue weighted by atomic mass is 19.1. The molecule has 0 radical (unpaired) electrons. The fourth-order valence-electron chi connectivity index (χ4n) is 3.36. The predicted octanol–water partition coefficient (Wildman–Crippen LogP) is 2.36. The number of hydrogen-bond donors (Lipinski definition) is 1. The predicted molar refractivity (Wildman–Crippen MR) is 96.4 cm³/mol. The molecule has 1 saturated heterocycles. The van der Waals surface area contributed by atoms with E-state index in [0.29, 0.717) is 25.3 Å². The maximum absolute atomic E-state index is 13.1. The van der Waals surface area contributed by atoms with E-state index in [1.54, 1.807) is 0 Å². The summed E-state index contributed by atoms with van der Waals surface area (Å²) in [4.78, 5) is 14.7. The summed E-state index contributed by atoms with van der Waals surface area (Å²) < 4.78 is 29.4. The fourth-order valence-corrected chi connectivity index (χ4v) is 3.36. The number of nitrogens with zero attached hydrogens (tertiary/aromatic N) is 1. The third kappa shape index (κ3) is 4.04. The van der Waals surface area contributed by atoms with Crippen LogP contribution in [-0.2, 0) is 4.74 Å². The molecule has 1 atom stereocenters. The molecule has 1 fully saturated rings. The van der Waals surface area contributed by atoms with Crippen molar-refractivity contribution in [3.05, 3.63) is 59.4 Å². The van der Waals surface area contributed by atoms with Crippen molar-refractivity contribution < 1.29 is 23.4 Å². The normalized spacial score (nSPS) is 17.5. The van der Waals surface area contributed by atoms with E-state index in [1.165, 1.54) is 24.3 Å². The third-order valence-electron chi connectivity index (χ3n) is 4.83. The quantitative estimate of drug-likeness (QED) is 0.873. The zero-order valence-corrected chi connectivity index (χ0v) is 14.8. The molecule has 0 spiro atoms. The van der Waals surface area contributed by atoms with Crippen LogP contribution in [-0.4, -0.2) is 50.4 Å². The van der Waals surface area contributed by atoms with Gasteiger partial charge in [-0.1, -0.05) is 6.07 Å². The monoisotopic (exact) mass is 372 g/mol. The smallest absolute Gasteiger partial charge is 0.251 e. The van der Waals surface area contributed by atoms with Gasteiger partial charge in [-0.15, -0.1) is 0 Å². The summed E-state index contributed by atoms with van der Waals surface area (Å²) in [6.45, 7) is 3.54. The van der Waals surface area contributed by atoms with Gasteiger partial charge in [0.1, 0.15) is 5.82 Å². The van der Waals surface area contributed by atoms with Gasteiger partial charge in [0.15, 0.2) is 11.5 Å². The van der Waals surface area contributed by atoms with Crippen molar-refractivity contribution in [1.29, 1.82) is 0 Å². The van der Waals surface area contributed by atoms with Crippen LogP contribution in [0.25, 0.3) is 0 Å². The summed E-state index contributed by atoms with van der Waals surface area (Å²) in [5, 5.41) is 2.97. The van der Waals surface area contributed by atoms with E-state index in [4.69, 9.17) is 14.2 Å². The Morgan fingerprint density at radius 2 is 1.81 bits per heavy atom. The van der Waals surface area contributed by atoms with Crippen LogP contribution in [0.5, 0.6) is 11.5 Å². The first-order chi connectivity index (χ1) is 13.2. The van der Waals surface area contributed by atoms with Gasteiger partial charge in [-0.3, -0.25) is 9.69 Å². The molecule has 2 aromatic rings. The van der Waals surface area contributed by atoms with Gasteiger partial charge in [-0.2, -0.15) is 0 Å². The molecule has 0 bridgehead atoms. The highest BCUT2D eigenvalue weighted by molar-refractivity contribution is 5.94. The number of carbonyl (C=O) groups is 1. The van der Waals surface area contributed by atoms with Crippen molar-refractivity contribution in [3.8, 4) is 11.5 Å². The first-order valence-electron chi connectivity index (χ1n) is 8.96. The number of rotatable bonds is 5. The van der Waals surface area contributed by atoms with E-state index in [1.807, 2.05) is 18.2 Å². The lowest BCUT2D eigenvalue weighted by atomic mass is 10.0. The van der Waals surface area contributed by atoms with Gasteiger partial charge in [0.05, 0.1) is 19.3 Å². The molecule has 1 N–H and O–H groups in total. The van der Waals surface area contributed by atoms with Gasteiger partial charge in [0.25, 0.3) is 5.91 Å². The molecule has 7 heteroatoms. The molecule has 2 aliphatic heterocycles. The van der Waals surface area contributed by atoms with Gasteiger partial charge >= 0.3 is 0 Å². The van der Waals surface area contributed by atoms with Crippen LogP contribution in [0.15, 0.2) is 42.5 Å². The third-order valence-corrected chi connectivity index (χ3v) is 4.83. The number of nitrogens with one attached hydrogen (secondary N) is 1. The Labute approximate surface area is 156 Å². The Morgan fingerprint density at radius 3 is 2.59 bits per heavy atom. The van der Waals surface area contributed by atoms with Crippen LogP contribution >= 0.6 is 0 Å². The zero-order valence-electron chi connectivity index (χ0n) is 14.8. The molecule has 142 valence electrons. The highest BCUT2D eigenvalue weighted by Crippen LogP contribution is 2.35. The summed E-state index contributed by atoms with van der Waals surface area (Å²) in [5.74, 6) is 0.859. The van der Waals surface area contributed by atoms with Gasteiger partial charge in [-0.05, 0) is 42.0 Å². The summed E-state index contributed by atoms with van der Waals surface area (Å²) in [7, 11) is 0. The SMILES string of the molecule is O=C(NC[C@H](c1ccc2c(c1)OCO2)N1CCOCC1)c1ccc(F)cc1. The minimum Gasteiger partial charge on any atom is -0.454 e. The fraction of sp³-hybridized carbons (Fsp3) is 0.350. The van der Waals surface area contributed by atoms with Crippen LogP contribution in [0, 0.1) is 5.82 Å². The molecule has 4 rings (SSSR count). The summed E-state index contributed by atoms with van der Waals surface area (Å²) >= 11 is 0. The Bertz CT molecular complexity index is 806. The Hall–Kier alpha value is -2.64. The number of hydrogen-bond acceptors (Lipinski definition) is 5. The van der Waals surface area contributed by atoms with E-state index in [-0.39, 0.29) is 24.6 Å². The summed E-state index contributed by atoms with van der Waals surface area (Å²) in [6.07, 6.45) is 0. The largest absolute Gasteiger partial charge is 0.454 e. The van der Waals surface area contributed by atoms with Crippen molar-refractivity contribution in [2.24, 2.45) is 0 Å². The maximum Gasteiger partial charge on any atom is 0.251 e. The van der Waals surface area contributed by atoms with E-state index < -0.39 is 0 Å². The number of amides is 1. The molecule has 0 aromatic heterocycles. The Kier molecular flexibility index (Phi) is 5.22. The molecule has 6 nitrogen and oxygen atoms in total. The average Bonchev–Trinajstić information content (AvgIpc) is 3.17.